The maximum Gasteiger partial charge on any atom is 0.573 e. The third-order valence-corrected chi connectivity index (χ3v) is 6.05. The number of likely N-dealkylation sites (tertiary alicyclic amines) is 2. The van der Waals surface area contributed by atoms with Crippen LogP contribution in [0.5, 0.6) is 5.75 Å². The molecule has 1 aromatic carbocycles. The topological polar surface area (TPSA) is 114 Å². The quantitative estimate of drug-likeness (QED) is 0.718. The summed E-state index contributed by atoms with van der Waals surface area (Å²) in [6, 6.07) is 3.84. The average Bonchev–Trinajstić information content (AvgIpc) is 3.09. The highest BCUT2D eigenvalue weighted by Gasteiger charge is 2.52. The lowest BCUT2D eigenvalue weighted by molar-refractivity contribution is -0.274. The summed E-state index contributed by atoms with van der Waals surface area (Å²) in [5.74, 6) is -1.41. The number of piperidine rings is 1. The molecule has 3 saturated heterocycles. The van der Waals surface area contributed by atoms with Gasteiger partial charge >= 0.3 is 18.5 Å². The molecule has 32 heavy (non-hydrogen) atoms. The summed E-state index contributed by atoms with van der Waals surface area (Å²) in [5, 5.41) is 2.74. The minimum atomic E-state index is -4.92. The SMILES string of the molecule is NC(=O)c1cc(CC2CCN(C(=O)N3CC4(COC(=O)N4)C3)CC2)ccc1OC(F)(F)F. The van der Waals surface area contributed by atoms with Gasteiger partial charge in [0.05, 0.1) is 18.7 Å². The molecule has 0 aliphatic carbocycles. The van der Waals surface area contributed by atoms with E-state index in [4.69, 9.17) is 10.5 Å². The predicted octanol–water partition coefficient (Wildman–Crippen LogP) is 1.85. The number of alkyl carbamates (subject to hydrolysis) is 1. The lowest BCUT2D eigenvalue weighted by atomic mass is 9.89. The minimum Gasteiger partial charge on any atom is -0.447 e. The Kier molecular flexibility index (Phi) is 5.55. The van der Waals surface area contributed by atoms with Gasteiger partial charge in [0, 0.05) is 13.1 Å². The van der Waals surface area contributed by atoms with E-state index in [0.29, 0.717) is 38.2 Å². The molecule has 3 fully saturated rings. The van der Waals surface area contributed by atoms with Crippen molar-refractivity contribution < 1.29 is 37.0 Å². The zero-order valence-electron chi connectivity index (χ0n) is 17.1. The second-order valence-electron chi connectivity index (χ2n) is 8.50. The number of carbonyl (C=O) groups is 3. The van der Waals surface area contributed by atoms with E-state index in [-0.39, 0.29) is 24.1 Å². The van der Waals surface area contributed by atoms with Crippen LogP contribution < -0.4 is 15.8 Å². The van der Waals surface area contributed by atoms with Crippen LogP contribution >= 0.6 is 0 Å². The normalized spacial score (nSPS) is 20.5. The zero-order chi connectivity index (χ0) is 23.1. The zero-order valence-corrected chi connectivity index (χ0v) is 17.1. The maximum absolute atomic E-state index is 12.7. The summed E-state index contributed by atoms with van der Waals surface area (Å²) in [6.07, 6.45) is -3.40. The van der Waals surface area contributed by atoms with Crippen LogP contribution in [0, 0.1) is 5.92 Å². The second-order valence-corrected chi connectivity index (χ2v) is 8.50. The summed E-state index contributed by atoms with van der Waals surface area (Å²) in [7, 11) is 0. The van der Waals surface area contributed by atoms with Crippen LogP contribution in [0.4, 0.5) is 22.8 Å². The first kappa shape index (κ1) is 22.0. The molecule has 174 valence electrons. The highest BCUT2D eigenvalue weighted by molar-refractivity contribution is 5.95. The van der Waals surface area contributed by atoms with E-state index >= 15 is 0 Å². The highest BCUT2D eigenvalue weighted by Crippen LogP contribution is 2.31. The Hall–Kier alpha value is -3.18. The molecule has 3 aliphatic rings. The summed E-state index contributed by atoms with van der Waals surface area (Å²) in [4.78, 5) is 38.9. The summed E-state index contributed by atoms with van der Waals surface area (Å²) < 4.78 is 46.3. The Balaban J connectivity index is 1.29. The number of urea groups is 1. The highest BCUT2D eigenvalue weighted by atomic mass is 19.4. The number of primary amides is 1. The van der Waals surface area contributed by atoms with Crippen LogP contribution in [-0.2, 0) is 11.2 Å². The first-order valence-electron chi connectivity index (χ1n) is 10.2. The molecule has 1 aromatic rings. The fourth-order valence-corrected chi connectivity index (χ4v) is 4.45. The number of nitrogens with two attached hydrogens (primary N) is 1. The van der Waals surface area contributed by atoms with Gasteiger partial charge in [0.25, 0.3) is 5.91 Å². The Morgan fingerprint density at radius 3 is 2.47 bits per heavy atom. The van der Waals surface area contributed by atoms with E-state index in [1.54, 1.807) is 9.80 Å². The Labute approximate surface area is 181 Å². The molecular weight excluding hydrogens is 433 g/mol. The van der Waals surface area contributed by atoms with Crippen LogP contribution in [-0.4, -0.2) is 72.5 Å². The predicted molar refractivity (Wildman–Crippen MR) is 104 cm³/mol. The van der Waals surface area contributed by atoms with E-state index in [1.165, 1.54) is 12.1 Å². The van der Waals surface area contributed by atoms with E-state index in [2.05, 4.69) is 10.1 Å². The molecule has 0 atom stereocenters. The number of rotatable bonds is 4. The summed E-state index contributed by atoms with van der Waals surface area (Å²) in [6.45, 7) is 2.19. The van der Waals surface area contributed by atoms with Gasteiger partial charge in [-0.3, -0.25) is 4.79 Å². The fraction of sp³-hybridized carbons (Fsp3) is 0.550. The van der Waals surface area contributed by atoms with Crippen LogP contribution in [0.2, 0.25) is 0 Å². The van der Waals surface area contributed by atoms with Crippen molar-refractivity contribution in [1.82, 2.24) is 15.1 Å². The van der Waals surface area contributed by atoms with Crippen molar-refractivity contribution in [3.8, 4) is 5.75 Å². The van der Waals surface area contributed by atoms with E-state index in [9.17, 15) is 27.6 Å². The largest absolute Gasteiger partial charge is 0.573 e. The van der Waals surface area contributed by atoms with Gasteiger partial charge in [0.15, 0.2) is 0 Å². The van der Waals surface area contributed by atoms with Crippen LogP contribution in [0.25, 0.3) is 0 Å². The van der Waals surface area contributed by atoms with Crippen LogP contribution in [0.15, 0.2) is 18.2 Å². The van der Waals surface area contributed by atoms with Gasteiger partial charge in [0.2, 0.25) is 0 Å². The van der Waals surface area contributed by atoms with Gasteiger partial charge in [-0.2, -0.15) is 0 Å². The Morgan fingerprint density at radius 1 is 1.22 bits per heavy atom. The molecule has 3 N–H and O–H groups in total. The van der Waals surface area contributed by atoms with Crippen molar-refractivity contribution in [3.05, 3.63) is 29.3 Å². The number of nitrogens with one attached hydrogen (secondary N) is 1. The summed E-state index contributed by atoms with van der Waals surface area (Å²) in [5.41, 5.74) is 5.11. The molecule has 3 aliphatic heterocycles. The number of nitrogens with zero attached hydrogens (tertiary/aromatic N) is 2. The smallest absolute Gasteiger partial charge is 0.447 e. The molecule has 3 heterocycles. The molecule has 9 nitrogen and oxygen atoms in total. The van der Waals surface area contributed by atoms with Gasteiger partial charge < -0.3 is 30.3 Å². The molecule has 0 bridgehead atoms. The molecule has 4 amide bonds. The molecule has 0 unspecified atom stereocenters. The van der Waals surface area contributed by atoms with Crippen LogP contribution in [0.1, 0.15) is 28.8 Å². The third-order valence-electron chi connectivity index (χ3n) is 6.05. The third kappa shape index (κ3) is 4.68. The molecule has 0 radical (unpaired) electrons. The Morgan fingerprint density at radius 2 is 1.91 bits per heavy atom. The second kappa shape index (κ2) is 8.06. The number of carbonyl (C=O) groups excluding carboxylic acids is 3. The van der Waals surface area contributed by atoms with Crippen molar-refractivity contribution in [2.75, 3.05) is 32.8 Å². The molecule has 0 aromatic heterocycles. The van der Waals surface area contributed by atoms with Gasteiger partial charge in [0.1, 0.15) is 17.9 Å². The Bertz CT molecular complexity index is 924. The first-order chi connectivity index (χ1) is 15.0. The standard InChI is InChI=1S/C20H23F3N4O5/c21-20(22,23)32-15-2-1-13(8-14(15)16(24)28)7-12-3-5-26(6-4-12)18(30)27-9-19(10-27)11-31-17(29)25-19/h1-2,8,12H,3-7,9-11H2,(H2,24,28)(H,25,29). The lowest BCUT2D eigenvalue weighted by Gasteiger charge is -2.48. The van der Waals surface area contributed by atoms with Gasteiger partial charge in [-0.05, 0) is 42.9 Å². The van der Waals surface area contributed by atoms with E-state index in [0.717, 1.165) is 18.9 Å². The number of cyclic esters (lactones) is 1. The van der Waals surface area contributed by atoms with Gasteiger partial charge in [-0.1, -0.05) is 6.07 Å². The number of halogens is 3. The van der Waals surface area contributed by atoms with Crippen molar-refractivity contribution in [2.24, 2.45) is 11.7 Å². The van der Waals surface area contributed by atoms with Gasteiger partial charge in [-0.25, -0.2) is 9.59 Å². The lowest BCUT2D eigenvalue weighted by Crippen LogP contribution is -2.71. The van der Waals surface area contributed by atoms with Crippen molar-refractivity contribution in [1.29, 1.82) is 0 Å². The average molecular weight is 456 g/mol. The number of hydrogen-bond donors (Lipinski definition) is 2. The van der Waals surface area contributed by atoms with E-state index in [1.807, 2.05) is 0 Å². The van der Waals surface area contributed by atoms with E-state index < -0.39 is 29.7 Å². The van der Waals surface area contributed by atoms with Crippen molar-refractivity contribution in [2.45, 2.75) is 31.2 Å². The number of amides is 4. The van der Waals surface area contributed by atoms with Crippen molar-refractivity contribution in [3.63, 3.8) is 0 Å². The minimum absolute atomic E-state index is 0.0834. The number of alkyl halides is 3. The molecule has 0 saturated carbocycles. The van der Waals surface area contributed by atoms with Gasteiger partial charge in [-0.15, -0.1) is 13.2 Å². The molecule has 4 rings (SSSR count). The molecule has 12 heteroatoms. The summed E-state index contributed by atoms with van der Waals surface area (Å²) >= 11 is 0. The molecular formula is C20H23F3N4O5. The maximum atomic E-state index is 12.7. The van der Waals surface area contributed by atoms with Crippen molar-refractivity contribution >= 4 is 18.0 Å². The first-order valence-corrected chi connectivity index (χ1v) is 10.2. The fourth-order valence-electron chi connectivity index (χ4n) is 4.45. The monoisotopic (exact) mass is 456 g/mol. The number of benzene rings is 1. The number of ether oxygens (including phenoxy) is 2. The van der Waals surface area contributed by atoms with Crippen LogP contribution in [0.3, 0.4) is 0 Å². The number of hydrogen-bond acceptors (Lipinski definition) is 5. The molecule has 1 spiro atoms.